The van der Waals surface area contributed by atoms with E-state index in [1.54, 1.807) is 0 Å². The standard InChI is InChI=1S/C20H30O4/c1-2-3-6-9-15-12-13-17-16(18(21)14-19(17)22)10-7-4-5-8-11-20(23)24-15/h4,7,12-13,15-17,19,22H,2-3,5-6,8-11,14H2,1H3/b7-4-,13-12-/t15-,16+,17+,19+/m0/s1. The van der Waals surface area contributed by atoms with E-state index in [0.29, 0.717) is 12.8 Å². The van der Waals surface area contributed by atoms with E-state index in [1.165, 1.54) is 0 Å². The van der Waals surface area contributed by atoms with Gasteiger partial charge in [-0.1, -0.05) is 38.0 Å². The minimum Gasteiger partial charge on any atom is -0.458 e. The Morgan fingerprint density at radius 3 is 2.83 bits per heavy atom. The zero-order valence-electron chi connectivity index (χ0n) is 14.7. The topological polar surface area (TPSA) is 63.6 Å². The normalized spacial score (nSPS) is 34.4. The Hall–Kier alpha value is -1.42. The second-order valence-corrected chi connectivity index (χ2v) is 6.93. The van der Waals surface area contributed by atoms with Crippen molar-refractivity contribution < 1.29 is 19.4 Å². The van der Waals surface area contributed by atoms with Gasteiger partial charge in [0, 0.05) is 24.7 Å². The number of hydrogen-bond donors (Lipinski definition) is 1. The maximum absolute atomic E-state index is 12.1. The lowest BCUT2D eigenvalue weighted by molar-refractivity contribution is -0.147. The van der Waals surface area contributed by atoms with Gasteiger partial charge in [0.05, 0.1) is 6.10 Å². The Kier molecular flexibility index (Phi) is 7.70. The van der Waals surface area contributed by atoms with E-state index in [-0.39, 0.29) is 36.1 Å². The van der Waals surface area contributed by atoms with Crippen LogP contribution in [0.1, 0.15) is 64.7 Å². The van der Waals surface area contributed by atoms with Gasteiger partial charge < -0.3 is 9.84 Å². The molecule has 4 atom stereocenters. The van der Waals surface area contributed by atoms with Gasteiger partial charge in [-0.25, -0.2) is 0 Å². The summed E-state index contributed by atoms with van der Waals surface area (Å²) >= 11 is 0. The molecular weight excluding hydrogens is 304 g/mol. The highest BCUT2D eigenvalue weighted by Crippen LogP contribution is 2.33. The molecular formula is C20H30O4. The highest BCUT2D eigenvalue weighted by Gasteiger charge is 2.39. The summed E-state index contributed by atoms with van der Waals surface area (Å²) in [5, 5.41) is 10.2. The molecule has 1 fully saturated rings. The molecule has 1 saturated carbocycles. The van der Waals surface area contributed by atoms with Crippen molar-refractivity contribution in [2.24, 2.45) is 11.8 Å². The Morgan fingerprint density at radius 2 is 2.04 bits per heavy atom. The summed E-state index contributed by atoms with van der Waals surface area (Å²) in [6.07, 6.45) is 13.9. The van der Waals surface area contributed by atoms with Crippen LogP contribution in [-0.4, -0.2) is 29.1 Å². The zero-order valence-corrected chi connectivity index (χ0v) is 14.7. The number of esters is 1. The summed E-state index contributed by atoms with van der Waals surface area (Å²) in [5.41, 5.74) is 0. The lowest BCUT2D eigenvalue weighted by Gasteiger charge is -2.18. The number of unbranched alkanes of at least 4 members (excludes halogenated alkanes) is 2. The second-order valence-electron chi connectivity index (χ2n) is 6.93. The molecule has 0 bridgehead atoms. The summed E-state index contributed by atoms with van der Waals surface area (Å²) in [6, 6.07) is 0. The summed E-state index contributed by atoms with van der Waals surface area (Å²) in [4.78, 5) is 24.1. The van der Waals surface area contributed by atoms with Crippen molar-refractivity contribution >= 4 is 11.8 Å². The number of carbonyl (C=O) groups excluding carboxylic acids is 2. The van der Waals surface area contributed by atoms with Crippen LogP contribution in [0, 0.1) is 11.8 Å². The van der Waals surface area contributed by atoms with Gasteiger partial charge in [-0.3, -0.25) is 9.59 Å². The van der Waals surface area contributed by atoms with Crippen LogP contribution in [0.15, 0.2) is 24.3 Å². The van der Waals surface area contributed by atoms with Crippen LogP contribution in [0.25, 0.3) is 0 Å². The molecule has 0 radical (unpaired) electrons. The summed E-state index contributed by atoms with van der Waals surface area (Å²) < 4.78 is 5.60. The number of rotatable bonds is 4. The number of Topliss-reactive ketones (excluding diaryl/α,β-unsaturated/α-hetero) is 1. The smallest absolute Gasteiger partial charge is 0.306 e. The highest BCUT2D eigenvalue weighted by atomic mass is 16.5. The van der Waals surface area contributed by atoms with Gasteiger partial charge in [0.15, 0.2) is 0 Å². The molecule has 0 aromatic carbocycles. The van der Waals surface area contributed by atoms with E-state index < -0.39 is 6.10 Å². The number of aliphatic hydroxyl groups excluding tert-OH is 1. The molecule has 0 aromatic rings. The summed E-state index contributed by atoms with van der Waals surface area (Å²) in [7, 11) is 0. The molecule has 134 valence electrons. The van der Waals surface area contributed by atoms with E-state index in [0.717, 1.165) is 38.5 Å². The fourth-order valence-corrected chi connectivity index (χ4v) is 3.52. The van der Waals surface area contributed by atoms with Crippen molar-refractivity contribution in [3.05, 3.63) is 24.3 Å². The first-order valence-corrected chi connectivity index (χ1v) is 9.35. The molecule has 0 aromatic heterocycles. The van der Waals surface area contributed by atoms with Crippen LogP contribution in [0.2, 0.25) is 0 Å². The minimum absolute atomic E-state index is 0.135. The van der Waals surface area contributed by atoms with Gasteiger partial charge in [-0.05, 0) is 38.2 Å². The first kappa shape index (κ1) is 18.9. The minimum atomic E-state index is -0.621. The first-order valence-electron chi connectivity index (χ1n) is 9.35. The fraction of sp³-hybridized carbons (Fsp3) is 0.700. The quantitative estimate of drug-likeness (QED) is 0.483. The van der Waals surface area contributed by atoms with Crippen molar-refractivity contribution in [1.82, 2.24) is 0 Å². The molecule has 0 amide bonds. The molecule has 2 aliphatic rings. The average molecular weight is 334 g/mol. The third-order valence-corrected chi connectivity index (χ3v) is 4.96. The lowest BCUT2D eigenvalue weighted by Crippen LogP contribution is -2.20. The van der Waals surface area contributed by atoms with Crippen LogP contribution in [0.3, 0.4) is 0 Å². The van der Waals surface area contributed by atoms with Gasteiger partial charge in [0.25, 0.3) is 0 Å². The van der Waals surface area contributed by atoms with E-state index in [4.69, 9.17) is 4.74 Å². The third kappa shape index (κ3) is 5.59. The zero-order chi connectivity index (χ0) is 17.4. The maximum atomic E-state index is 12.1. The van der Waals surface area contributed by atoms with Crippen molar-refractivity contribution in [2.45, 2.75) is 76.9 Å². The first-order chi connectivity index (χ1) is 11.6. The van der Waals surface area contributed by atoms with Crippen molar-refractivity contribution in [3.8, 4) is 0 Å². The molecule has 4 nitrogen and oxygen atoms in total. The highest BCUT2D eigenvalue weighted by molar-refractivity contribution is 5.84. The van der Waals surface area contributed by atoms with E-state index in [1.807, 2.05) is 24.3 Å². The molecule has 1 heterocycles. The fourth-order valence-electron chi connectivity index (χ4n) is 3.52. The number of allylic oxidation sites excluding steroid dienone is 2. The third-order valence-electron chi connectivity index (χ3n) is 4.96. The number of hydrogen-bond acceptors (Lipinski definition) is 4. The monoisotopic (exact) mass is 334 g/mol. The number of fused-ring (bicyclic) bond motifs is 1. The predicted octanol–water partition coefficient (Wildman–Crippen LogP) is 3.73. The molecule has 2 rings (SSSR count). The SMILES string of the molecule is CCCCC[C@H]1/C=C\[C@H]2[C@H](O)CC(=O)[C@@H]2C/C=C\CCCC(=O)O1. The van der Waals surface area contributed by atoms with E-state index >= 15 is 0 Å². The van der Waals surface area contributed by atoms with Crippen LogP contribution in [0.5, 0.6) is 0 Å². The lowest BCUT2D eigenvalue weighted by atomic mass is 9.90. The Morgan fingerprint density at radius 1 is 1.21 bits per heavy atom. The number of aliphatic hydroxyl groups is 1. The summed E-state index contributed by atoms with van der Waals surface area (Å²) in [6.45, 7) is 2.14. The number of ketones is 1. The largest absolute Gasteiger partial charge is 0.458 e. The Bertz CT molecular complexity index is 480. The molecule has 1 N–H and O–H groups in total. The van der Waals surface area contributed by atoms with Gasteiger partial charge >= 0.3 is 5.97 Å². The molecule has 0 spiro atoms. The Labute approximate surface area is 145 Å². The maximum Gasteiger partial charge on any atom is 0.306 e. The van der Waals surface area contributed by atoms with Crippen molar-refractivity contribution in [1.29, 1.82) is 0 Å². The van der Waals surface area contributed by atoms with Crippen molar-refractivity contribution in [3.63, 3.8) is 0 Å². The van der Waals surface area contributed by atoms with E-state index in [2.05, 4.69) is 6.92 Å². The van der Waals surface area contributed by atoms with Crippen LogP contribution in [-0.2, 0) is 14.3 Å². The second kappa shape index (κ2) is 9.77. The Balaban J connectivity index is 2.12. The number of ether oxygens (including phenoxy) is 1. The summed E-state index contributed by atoms with van der Waals surface area (Å²) in [5.74, 6) is -0.347. The molecule has 0 saturated heterocycles. The molecule has 1 aliphatic carbocycles. The van der Waals surface area contributed by atoms with Gasteiger partial charge in [0.1, 0.15) is 11.9 Å². The molecule has 0 unspecified atom stereocenters. The van der Waals surface area contributed by atoms with Gasteiger partial charge in [-0.2, -0.15) is 0 Å². The average Bonchev–Trinajstić information content (AvgIpc) is 2.81. The van der Waals surface area contributed by atoms with Crippen molar-refractivity contribution in [2.75, 3.05) is 0 Å². The number of cyclic esters (lactones) is 1. The van der Waals surface area contributed by atoms with Crippen LogP contribution < -0.4 is 0 Å². The number of carbonyl (C=O) groups is 2. The molecule has 24 heavy (non-hydrogen) atoms. The van der Waals surface area contributed by atoms with E-state index in [9.17, 15) is 14.7 Å². The molecule has 4 heteroatoms. The van der Waals surface area contributed by atoms with Gasteiger partial charge in [0.2, 0.25) is 0 Å². The molecule has 1 aliphatic heterocycles. The van der Waals surface area contributed by atoms with Gasteiger partial charge in [-0.15, -0.1) is 0 Å². The van der Waals surface area contributed by atoms with Crippen LogP contribution in [0.4, 0.5) is 0 Å². The predicted molar refractivity (Wildman–Crippen MR) is 93.4 cm³/mol. The van der Waals surface area contributed by atoms with Crippen LogP contribution >= 0.6 is 0 Å².